The van der Waals surface area contributed by atoms with Crippen LogP contribution < -0.4 is 10.6 Å². The molecule has 10 heteroatoms. The van der Waals surface area contributed by atoms with Gasteiger partial charge in [0.2, 0.25) is 0 Å². The Morgan fingerprint density at radius 1 is 0.830 bits per heavy atom. The average Bonchev–Trinajstić information content (AvgIpc) is 3.62. The number of methoxy groups -OCH3 is 1. The monoisotopic (exact) mass is 710 g/mol. The van der Waals surface area contributed by atoms with Gasteiger partial charge in [-0.1, -0.05) is 103 Å². The molecule has 1 fully saturated rings. The Balaban J connectivity index is 1.06. The van der Waals surface area contributed by atoms with Crippen LogP contribution in [0.4, 0.5) is 4.79 Å². The summed E-state index contributed by atoms with van der Waals surface area (Å²) in [7, 11) is 1.31. The first-order valence-corrected chi connectivity index (χ1v) is 17.7. The third-order valence-electron chi connectivity index (χ3n) is 9.49. The van der Waals surface area contributed by atoms with Crippen molar-refractivity contribution in [3.63, 3.8) is 0 Å². The number of rotatable bonds is 12. The molecule has 5 aromatic carbocycles. The molecule has 0 saturated carbocycles. The smallest absolute Gasteiger partial charge is 0.328 e. The number of ether oxygens (including phenoxy) is 3. The molecule has 10 nitrogen and oxygen atoms in total. The molecule has 0 spiro atoms. The first kappa shape index (κ1) is 35.6. The van der Waals surface area contributed by atoms with Crippen molar-refractivity contribution in [3.8, 4) is 11.1 Å². The molecule has 2 heterocycles. The van der Waals surface area contributed by atoms with Crippen molar-refractivity contribution in [2.45, 2.75) is 57.1 Å². The van der Waals surface area contributed by atoms with Gasteiger partial charge in [-0.05, 0) is 57.6 Å². The maximum absolute atomic E-state index is 12.9. The van der Waals surface area contributed by atoms with E-state index in [9.17, 15) is 14.7 Å². The zero-order valence-electron chi connectivity index (χ0n) is 29.4. The van der Waals surface area contributed by atoms with Gasteiger partial charge in [0.25, 0.3) is 0 Å². The number of aromatic nitrogens is 2. The molecular formula is C43H42N4O6. The number of aliphatic hydroxyl groups is 1. The van der Waals surface area contributed by atoms with Crippen molar-refractivity contribution in [3.05, 3.63) is 162 Å². The van der Waals surface area contributed by atoms with E-state index in [0.29, 0.717) is 19.4 Å². The number of amides is 2. The molecule has 1 aliphatic heterocycles. The standard InChI is InChI=1S/C43H42N4O6/c1-51-41(49)38(22-29-9-3-2-4-10-29)46-43(50)44-25-31-11-7-12-33(21-31)34-13-8-14-35(23-34)42-52-36(26-47-28-45-37-15-5-6-16-39(37)47)24-40(53-42)32-19-17-30(27-48)18-20-32/h2-21,23,28,36,38,40,42,48H,22,24-27H2,1H3,(H2,44,46,50)/t36-,38-,40+,42+/m0/s1. The van der Waals surface area contributed by atoms with Gasteiger partial charge >= 0.3 is 12.0 Å². The molecule has 0 radical (unpaired) electrons. The highest BCUT2D eigenvalue weighted by atomic mass is 16.7. The first-order chi connectivity index (χ1) is 25.9. The van der Waals surface area contributed by atoms with Crippen LogP contribution in [0, 0.1) is 0 Å². The summed E-state index contributed by atoms with van der Waals surface area (Å²) in [6.45, 7) is 0.852. The Labute approximate surface area is 308 Å². The van der Waals surface area contributed by atoms with Crippen LogP contribution in [-0.4, -0.2) is 45.9 Å². The number of urea groups is 1. The number of nitrogens with zero attached hydrogens (tertiary/aromatic N) is 2. The maximum Gasteiger partial charge on any atom is 0.328 e. The summed E-state index contributed by atoms with van der Waals surface area (Å²) < 4.78 is 20.4. The third-order valence-corrected chi connectivity index (χ3v) is 9.49. The molecule has 0 aliphatic carbocycles. The molecule has 0 bridgehead atoms. The number of nitrogens with one attached hydrogen (secondary N) is 2. The molecule has 3 N–H and O–H groups in total. The lowest BCUT2D eigenvalue weighted by molar-refractivity contribution is -0.252. The van der Waals surface area contributed by atoms with Crippen LogP contribution in [-0.2, 0) is 45.1 Å². The number of esters is 1. The van der Waals surface area contributed by atoms with Crippen molar-refractivity contribution in [2.75, 3.05) is 7.11 Å². The Morgan fingerprint density at radius 3 is 2.36 bits per heavy atom. The molecule has 1 aromatic heterocycles. The predicted molar refractivity (Wildman–Crippen MR) is 201 cm³/mol. The number of imidazole rings is 1. The average molecular weight is 711 g/mol. The molecule has 53 heavy (non-hydrogen) atoms. The number of aliphatic hydroxyl groups excluding tert-OH is 1. The summed E-state index contributed by atoms with van der Waals surface area (Å²) in [6, 6.07) is 40.2. The highest BCUT2D eigenvalue weighted by molar-refractivity contribution is 5.83. The SMILES string of the molecule is COC(=O)[C@H](Cc1ccccc1)NC(=O)NCc1cccc(-c2cccc([C@@H]3O[C@H](Cn4cnc5ccccc54)C[C@H](c4ccc(CO)cc4)O3)c2)c1. The number of carbonyl (C=O) groups is 2. The quantitative estimate of drug-likeness (QED) is 0.117. The predicted octanol–water partition coefficient (Wildman–Crippen LogP) is 7.02. The Bertz CT molecular complexity index is 2150. The van der Waals surface area contributed by atoms with Gasteiger partial charge in [-0.3, -0.25) is 0 Å². The topological polar surface area (TPSA) is 124 Å². The van der Waals surface area contributed by atoms with Crippen molar-refractivity contribution in [1.82, 2.24) is 20.2 Å². The summed E-state index contributed by atoms with van der Waals surface area (Å²) in [4.78, 5) is 29.9. The molecule has 2 amide bonds. The van der Waals surface area contributed by atoms with Crippen molar-refractivity contribution in [1.29, 1.82) is 0 Å². The zero-order valence-corrected chi connectivity index (χ0v) is 29.4. The minimum absolute atomic E-state index is 0.0181. The van der Waals surface area contributed by atoms with Crippen molar-refractivity contribution in [2.24, 2.45) is 0 Å². The van der Waals surface area contributed by atoms with Gasteiger partial charge in [-0.25, -0.2) is 14.6 Å². The van der Waals surface area contributed by atoms with E-state index in [2.05, 4.69) is 32.3 Å². The van der Waals surface area contributed by atoms with Gasteiger partial charge in [0.1, 0.15) is 6.04 Å². The molecule has 0 unspecified atom stereocenters. The van der Waals surface area contributed by atoms with Gasteiger partial charge in [0.15, 0.2) is 6.29 Å². The maximum atomic E-state index is 12.9. The van der Waals surface area contributed by atoms with E-state index >= 15 is 0 Å². The number of carbonyl (C=O) groups excluding carboxylic acids is 2. The fraction of sp³-hybridized carbons (Fsp3) is 0.233. The summed E-state index contributed by atoms with van der Waals surface area (Å²) >= 11 is 0. The van der Waals surface area contributed by atoms with Crippen LogP contribution >= 0.6 is 0 Å². The number of fused-ring (bicyclic) bond motifs is 1. The lowest BCUT2D eigenvalue weighted by Gasteiger charge is -2.36. The van der Waals surface area contributed by atoms with Crippen molar-refractivity contribution < 1.29 is 28.9 Å². The van der Waals surface area contributed by atoms with E-state index in [1.807, 2.05) is 122 Å². The summed E-state index contributed by atoms with van der Waals surface area (Å²) in [6.07, 6.45) is 1.81. The van der Waals surface area contributed by atoms with Crippen LogP contribution in [0.3, 0.4) is 0 Å². The minimum atomic E-state index is -0.820. The molecular weight excluding hydrogens is 668 g/mol. The Hall–Kier alpha value is -5.81. The fourth-order valence-electron chi connectivity index (χ4n) is 6.71. The lowest BCUT2D eigenvalue weighted by atomic mass is 9.98. The number of para-hydroxylation sites is 2. The second-order valence-electron chi connectivity index (χ2n) is 13.2. The number of hydrogen-bond acceptors (Lipinski definition) is 7. The fourth-order valence-corrected chi connectivity index (χ4v) is 6.71. The molecule has 1 saturated heterocycles. The van der Waals surface area contributed by atoms with E-state index < -0.39 is 24.3 Å². The summed E-state index contributed by atoms with van der Waals surface area (Å²) in [5.41, 5.74) is 8.49. The van der Waals surface area contributed by atoms with Gasteiger partial charge < -0.3 is 34.5 Å². The molecule has 1 aliphatic rings. The van der Waals surface area contributed by atoms with Crippen LogP contribution in [0.5, 0.6) is 0 Å². The summed E-state index contributed by atoms with van der Waals surface area (Å²) in [5.74, 6) is -0.510. The van der Waals surface area contributed by atoms with E-state index in [1.165, 1.54) is 7.11 Å². The largest absolute Gasteiger partial charge is 0.467 e. The van der Waals surface area contributed by atoms with Gasteiger partial charge in [0.05, 0.1) is 49.8 Å². The van der Waals surface area contributed by atoms with E-state index in [4.69, 9.17) is 14.2 Å². The highest BCUT2D eigenvalue weighted by Gasteiger charge is 2.33. The van der Waals surface area contributed by atoms with E-state index in [0.717, 1.165) is 50.0 Å². The van der Waals surface area contributed by atoms with E-state index in [1.54, 1.807) is 0 Å². The van der Waals surface area contributed by atoms with Crippen LogP contribution in [0.25, 0.3) is 22.2 Å². The Kier molecular flexibility index (Phi) is 11.2. The lowest BCUT2D eigenvalue weighted by Crippen LogP contribution is -2.47. The summed E-state index contributed by atoms with van der Waals surface area (Å²) in [5, 5.41) is 15.2. The Morgan fingerprint density at radius 2 is 1.57 bits per heavy atom. The first-order valence-electron chi connectivity index (χ1n) is 17.7. The van der Waals surface area contributed by atoms with Gasteiger partial charge in [-0.15, -0.1) is 0 Å². The number of benzene rings is 5. The van der Waals surface area contributed by atoms with E-state index in [-0.39, 0.29) is 25.4 Å². The normalized spacial score (nSPS) is 17.6. The number of hydrogen-bond donors (Lipinski definition) is 3. The third kappa shape index (κ3) is 8.81. The van der Waals surface area contributed by atoms with Crippen LogP contribution in [0.2, 0.25) is 0 Å². The van der Waals surface area contributed by atoms with Crippen LogP contribution in [0.1, 0.15) is 46.6 Å². The minimum Gasteiger partial charge on any atom is -0.467 e. The molecule has 270 valence electrons. The van der Waals surface area contributed by atoms with Crippen molar-refractivity contribution >= 4 is 23.0 Å². The second kappa shape index (κ2) is 16.7. The molecule has 4 atom stereocenters. The molecule has 7 rings (SSSR count). The zero-order chi connectivity index (χ0) is 36.6. The van der Waals surface area contributed by atoms with Gasteiger partial charge in [-0.2, -0.15) is 0 Å². The van der Waals surface area contributed by atoms with Gasteiger partial charge in [0, 0.05) is 24.9 Å². The van der Waals surface area contributed by atoms with Crippen LogP contribution in [0.15, 0.2) is 134 Å². The molecule has 6 aromatic rings. The highest BCUT2D eigenvalue weighted by Crippen LogP contribution is 2.39. The second-order valence-corrected chi connectivity index (χ2v) is 13.2.